The second-order valence-corrected chi connectivity index (χ2v) is 7.42. The lowest BCUT2D eigenvalue weighted by molar-refractivity contribution is 0.147. The molecule has 1 unspecified atom stereocenters. The van der Waals surface area contributed by atoms with Gasteiger partial charge >= 0.3 is 0 Å². The SMILES string of the molecule is O=S(=O)(Cl)C1CCC2(CCCCC2)NN1. The minimum atomic E-state index is -3.48. The molecule has 1 aliphatic heterocycles. The molecule has 0 bridgehead atoms. The molecule has 1 aliphatic carbocycles. The Morgan fingerprint density at radius 1 is 1.13 bits per heavy atom. The highest BCUT2D eigenvalue weighted by atomic mass is 35.7. The van der Waals surface area contributed by atoms with E-state index in [0.717, 1.165) is 19.3 Å². The predicted octanol–water partition coefficient (Wildman–Crippen LogP) is 1.47. The lowest BCUT2D eigenvalue weighted by Crippen LogP contribution is -2.61. The van der Waals surface area contributed by atoms with Gasteiger partial charge in [-0.3, -0.25) is 5.43 Å². The summed E-state index contributed by atoms with van der Waals surface area (Å²) in [7, 11) is 1.83. The zero-order chi connectivity index (χ0) is 10.9. The molecule has 0 amide bonds. The van der Waals surface area contributed by atoms with Crippen LogP contribution in [0.25, 0.3) is 0 Å². The molecule has 1 atom stereocenters. The van der Waals surface area contributed by atoms with Crippen LogP contribution in [0, 0.1) is 0 Å². The third-order valence-electron chi connectivity index (χ3n) is 3.53. The fourth-order valence-electron chi connectivity index (χ4n) is 2.59. The molecule has 2 aliphatic rings. The lowest BCUT2D eigenvalue weighted by atomic mass is 9.78. The van der Waals surface area contributed by atoms with Crippen molar-refractivity contribution in [3.8, 4) is 0 Å². The van der Waals surface area contributed by atoms with Crippen molar-refractivity contribution in [1.82, 2.24) is 10.9 Å². The Labute approximate surface area is 95.1 Å². The average Bonchev–Trinajstić information content (AvgIpc) is 2.18. The molecule has 2 fully saturated rings. The fourth-order valence-corrected chi connectivity index (χ4v) is 3.59. The first-order valence-corrected chi connectivity index (χ1v) is 7.85. The maximum Gasteiger partial charge on any atom is 0.249 e. The first kappa shape index (κ1) is 11.6. The molecule has 0 aromatic carbocycles. The number of hydrogen-bond donors (Lipinski definition) is 2. The highest BCUT2D eigenvalue weighted by Crippen LogP contribution is 2.34. The van der Waals surface area contributed by atoms with Crippen LogP contribution >= 0.6 is 10.7 Å². The maximum absolute atomic E-state index is 11.1. The van der Waals surface area contributed by atoms with Crippen molar-refractivity contribution in [1.29, 1.82) is 0 Å². The third-order valence-corrected chi connectivity index (χ3v) is 5.21. The highest BCUT2D eigenvalue weighted by molar-refractivity contribution is 8.14. The molecule has 1 saturated heterocycles. The van der Waals surface area contributed by atoms with Crippen LogP contribution in [0.2, 0.25) is 0 Å². The standard InChI is InChI=1S/C9H17ClN2O2S/c10-15(13,14)8-4-7-9(12-11-8)5-2-1-3-6-9/h8,11-12H,1-7H2. The van der Waals surface area contributed by atoms with Crippen LogP contribution in [0.1, 0.15) is 44.9 Å². The maximum atomic E-state index is 11.1. The van der Waals surface area contributed by atoms with Gasteiger partial charge in [-0.2, -0.15) is 0 Å². The first-order chi connectivity index (χ1) is 7.02. The van der Waals surface area contributed by atoms with Gasteiger partial charge in [0.25, 0.3) is 0 Å². The summed E-state index contributed by atoms with van der Waals surface area (Å²) in [5, 5.41) is -0.633. The van der Waals surface area contributed by atoms with E-state index in [1.165, 1.54) is 19.3 Å². The van der Waals surface area contributed by atoms with E-state index in [-0.39, 0.29) is 5.54 Å². The molecule has 88 valence electrons. The van der Waals surface area contributed by atoms with Gasteiger partial charge < -0.3 is 0 Å². The Bertz CT molecular complexity index is 315. The van der Waals surface area contributed by atoms with Crippen molar-refractivity contribution in [2.24, 2.45) is 0 Å². The van der Waals surface area contributed by atoms with Crippen molar-refractivity contribution in [3.05, 3.63) is 0 Å². The molecular formula is C9H17ClN2O2S. The number of rotatable bonds is 1. The summed E-state index contributed by atoms with van der Waals surface area (Å²) in [6.07, 6.45) is 7.53. The Hall–Kier alpha value is 0.160. The molecule has 2 rings (SSSR count). The monoisotopic (exact) mass is 252 g/mol. The number of halogens is 1. The Morgan fingerprint density at radius 2 is 1.80 bits per heavy atom. The number of nitrogens with one attached hydrogen (secondary N) is 2. The zero-order valence-electron chi connectivity index (χ0n) is 8.63. The second-order valence-electron chi connectivity index (χ2n) is 4.61. The van der Waals surface area contributed by atoms with E-state index in [1.807, 2.05) is 0 Å². The highest BCUT2D eigenvalue weighted by Gasteiger charge is 2.38. The molecule has 1 saturated carbocycles. The van der Waals surface area contributed by atoms with Gasteiger partial charge in [0.2, 0.25) is 9.05 Å². The number of hydrogen-bond acceptors (Lipinski definition) is 4. The fraction of sp³-hybridized carbons (Fsp3) is 1.00. The normalized spacial score (nSPS) is 31.7. The topological polar surface area (TPSA) is 58.2 Å². The molecule has 2 N–H and O–H groups in total. The molecule has 6 heteroatoms. The van der Waals surface area contributed by atoms with Crippen molar-refractivity contribution in [2.75, 3.05) is 0 Å². The lowest BCUT2D eigenvalue weighted by Gasteiger charge is -2.43. The molecule has 4 nitrogen and oxygen atoms in total. The molecule has 1 spiro atoms. The van der Waals surface area contributed by atoms with Gasteiger partial charge in [0.15, 0.2) is 0 Å². The van der Waals surface area contributed by atoms with Crippen LogP contribution < -0.4 is 10.9 Å². The smallest absolute Gasteiger partial charge is 0.249 e. The average molecular weight is 253 g/mol. The van der Waals surface area contributed by atoms with E-state index in [2.05, 4.69) is 10.9 Å². The molecule has 0 aromatic rings. The van der Waals surface area contributed by atoms with Crippen molar-refractivity contribution < 1.29 is 8.42 Å². The van der Waals surface area contributed by atoms with Crippen LogP contribution in [0.5, 0.6) is 0 Å². The third kappa shape index (κ3) is 2.64. The molecule has 15 heavy (non-hydrogen) atoms. The van der Waals surface area contributed by atoms with Crippen molar-refractivity contribution in [2.45, 2.75) is 55.9 Å². The quantitative estimate of drug-likeness (QED) is 0.694. The molecule has 1 heterocycles. The van der Waals surface area contributed by atoms with Gasteiger partial charge in [-0.05, 0) is 25.7 Å². The van der Waals surface area contributed by atoms with Crippen LogP contribution in [-0.2, 0) is 9.05 Å². The van der Waals surface area contributed by atoms with E-state index in [1.54, 1.807) is 0 Å². The van der Waals surface area contributed by atoms with Gasteiger partial charge in [-0.1, -0.05) is 19.3 Å². The molecular weight excluding hydrogens is 236 g/mol. The second kappa shape index (κ2) is 4.20. The van der Waals surface area contributed by atoms with Gasteiger partial charge in [0.05, 0.1) is 0 Å². The van der Waals surface area contributed by atoms with E-state index in [0.29, 0.717) is 6.42 Å². The van der Waals surface area contributed by atoms with Gasteiger partial charge in [-0.15, -0.1) is 0 Å². The largest absolute Gasteiger partial charge is 0.250 e. The summed E-state index contributed by atoms with van der Waals surface area (Å²) in [6.45, 7) is 0. The summed E-state index contributed by atoms with van der Waals surface area (Å²) in [4.78, 5) is 0. The van der Waals surface area contributed by atoms with Gasteiger partial charge in [-0.25, -0.2) is 13.8 Å². The molecule has 0 radical (unpaired) electrons. The zero-order valence-corrected chi connectivity index (χ0v) is 10.2. The minimum absolute atomic E-state index is 0.121. The summed E-state index contributed by atoms with van der Waals surface area (Å²) in [5.41, 5.74) is 6.15. The Kier molecular flexibility index (Phi) is 3.26. The van der Waals surface area contributed by atoms with Crippen LogP contribution in [0.15, 0.2) is 0 Å². The van der Waals surface area contributed by atoms with E-state index < -0.39 is 14.4 Å². The van der Waals surface area contributed by atoms with Crippen molar-refractivity contribution >= 4 is 19.7 Å². The predicted molar refractivity (Wildman–Crippen MR) is 59.9 cm³/mol. The summed E-state index contributed by atoms with van der Waals surface area (Å²) in [6, 6.07) is 0. The van der Waals surface area contributed by atoms with Gasteiger partial charge in [0.1, 0.15) is 5.37 Å². The van der Waals surface area contributed by atoms with E-state index in [9.17, 15) is 8.42 Å². The minimum Gasteiger partial charge on any atom is -0.250 e. The summed E-state index contributed by atoms with van der Waals surface area (Å²) in [5.74, 6) is 0. The van der Waals surface area contributed by atoms with Gasteiger partial charge in [0, 0.05) is 16.2 Å². The molecule has 0 aromatic heterocycles. The van der Waals surface area contributed by atoms with E-state index >= 15 is 0 Å². The van der Waals surface area contributed by atoms with Crippen LogP contribution in [-0.4, -0.2) is 19.3 Å². The number of hydrazine groups is 1. The Morgan fingerprint density at radius 3 is 2.27 bits per heavy atom. The summed E-state index contributed by atoms with van der Waals surface area (Å²) >= 11 is 0. The summed E-state index contributed by atoms with van der Waals surface area (Å²) < 4.78 is 22.2. The van der Waals surface area contributed by atoms with Crippen molar-refractivity contribution in [3.63, 3.8) is 0 Å². The Balaban J connectivity index is 1.96. The first-order valence-electron chi connectivity index (χ1n) is 5.48. The van der Waals surface area contributed by atoms with Crippen LogP contribution in [0.4, 0.5) is 0 Å². The van der Waals surface area contributed by atoms with Crippen LogP contribution in [0.3, 0.4) is 0 Å². The van der Waals surface area contributed by atoms with E-state index in [4.69, 9.17) is 10.7 Å².